The molecule has 1 aliphatic carbocycles. The van der Waals surface area contributed by atoms with Crippen molar-refractivity contribution in [2.75, 3.05) is 32.6 Å². The Balaban J connectivity index is 1.65. The number of carbonyl (C=O) groups is 1. The van der Waals surface area contributed by atoms with Crippen molar-refractivity contribution < 1.29 is 19.4 Å². The lowest BCUT2D eigenvalue weighted by Crippen LogP contribution is -2.56. The van der Waals surface area contributed by atoms with E-state index in [1.807, 2.05) is 18.2 Å². The summed E-state index contributed by atoms with van der Waals surface area (Å²) in [4.78, 5) is 15.2. The predicted octanol–water partition coefficient (Wildman–Crippen LogP) is 5.32. The zero-order valence-electron chi connectivity index (χ0n) is 18.9. The van der Waals surface area contributed by atoms with Gasteiger partial charge < -0.3 is 19.9 Å². The van der Waals surface area contributed by atoms with E-state index in [-0.39, 0.29) is 24.4 Å². The highest BCUT2D eigenvalue weighted by molar-refractivity contribution is 6.36. The molecule has 1 amide bonds. The van der Waals surface area contributed by atoms with Crippen molar-refractivity contribution in [2.24, 2.45) is 5.92 Å². The van der Waals surface area contributed by atoms with Gasteiger partial charge in [0.15, 0.2) is 0 Å². The summed E-state index contributed by atoms with van der Waals surface area (Å²) >= 11 is 12.2. The van der Waals surface area contributed by atoms with Crippen LogP contribution in [0.3, 0.4) is 0 Å². The number of amides is 1. The number of hydrogen-bond donors (Lipinski definition) is 2. The second kappa shape index (κ2) is 10.1. The number of aliphatic hydroxyl groups is 1. The van der Waals surface area contributed by atoms with Gasteiger partial charge in [-0.3, -0.25) is 9.69 Å². The Morgan fingerprint density at radius 3 is 2.70 bits per heavy atom. The number of halogens is 2. The molecule has 3 atom stereocenters. The molecule has 1 saturated heterocycles. The number of nitrogens with one attached hydrogen (secondary N) is 1. The molecule has 0 spiro atoms. The second-order valence-corrected chi connectivity index (χ2v) is 9.75. The Kier molecular flexibility index (Phi) is 7.39. The molecule has 1 saturated carbocycles. The fourth-order valence-corrected chi connectivity index (χ4v) is 5.82. The van der Waals surface area contributed by atoms with Gasteiger partial charge in [0.1, 0.15) is 11.5 Å². The third-order valence-corrected chi connectivity index (χ3v) is 7.53. The highest BCUT2D eigenvalue weighted by atomic mass is 35.5. The zero-order chi connectivity index (χ0) is 23.6. The lowest BCUT2D eigenvalue weighted by Gasteiger charge is -2.52. The smallest absolute Gasteiger partial charge is 0.238 e. The van der Waals surface area contributed by atoms with E-state index in [9.17, 15) is 9.90 Å². The molecule has 0 unspecified atom stereocenters. The molecule has 6 nitrogen and oxygen atoms in total. The number of methoxy groups -OCH3 is 2. The predicted molar refractivity (Wildman–Crippen MR) is 130 cm³/mol. The van der Waals surface area contributed by atoms with Gasteiger partial charge in [0, 0.05) is 29.1 Å². The third kappa shape index (κ3) is 5.09. The van der Waals surface area contributed by atoms with Crippen LogP contribution in [0.2, 0.25) is 10.0 Å². The molecule has 4 rings (SSSR count). The van der Waals surface area contributed by atoms with Crippen molar-refractivity contribution in [1.29, 1.82) is 0 Å². The molecule has 2 aromatic carbocycles. The van der Waals surface area contributed by atoms with Crippen molar-refractivity contribution in [3.8, 4) is 11.5 Å². The molecule has 2 aliphatic rings. The molecule has 0 radical (unpaired) electrons. The number of hydrogen-bond acceptors (Lipinski definition) is 5. The van der Waals surface area contributed by atoms with E-state index in [4.69, 9.17) is 32.7 Å². The molecule has 2 fully saturated rings. The number of ether oxygens (including phenoxy) is 2. The van der Waals surface area contributed by atoms with E-state index in [1.54, 1.807) is 32.4 Å². The highest BCUT2D eigenvalue weighted by Gasteiger charge is 2.50. The Hall–Kier alpha value is -1.99. The van der Waals surface area contributed by atoms with Crippen molar-refractivity contribution in [2.45, 2.75) is 43.7 Å². The number of fused-ring (bicyclic) bond motifs is 1. The average Bonchev–Trinajstić information content (AvgIpc) is 2.80. The number of anilines is 1. The molecule has 178 valence electrons. The number of piperidine rings is 1. The van der Waals surface area contributed by atoms with E-state index in [1.165, 1.54) is 0 Å². The fourth-order valence-electron chi connectivity index (χ4n) is 5.37. The van der Waals surface area contributed by atoms with Gasteiger partial charge in [-0.1, -0.05) is 36.0 Å². The third-order valence-electron chi connectivity index (χ3n) is 6.98. The SMILES string of the molecule is COc1ccc(OC)c([C@@H]2[C@H]3CCCC[C@@]3(O)CCN2CC(=O)Nc2ccc(Cl)cc2Cl)c1. The van der Waals surface area contributed by atoms with Crippen LogP contribution in [0, 0.1) is 5.92 Å². The summed E-state index contributed by atoms with van der Waals surface area (Å²) in [5.41, 5.74) is 0.704. The maximum atomic E-state index is 13.0. The first kappa shape index (κ1) is 24.1. The van der Waals surface area contributed by atoms with Crippen molar-refractivity contribution in [3.63, 3.8) is 0 Å². The van der Waals surface area contributed by atoms with Gasteiger partial charge in [-0.15, -0.1) is 0 Å². The van der Waals surface area contributed by atoms with Crippen LogP contribution in [0.25, 0.3) is 0 Å². The highest BCUT2D eigenvalue weighted by Crippen LogP contribution is 2.51. The Labute approximate surface area is 204 Å². The van der Waals surface area contributed by atoms with Gasteiger partial charge in [0.2, 0.25) is 5.91 Å². The van der Waals surface area contributed by atoms with Gasteiger partial charge in [-0.2, -0.15) is 0 Å². The van der Waals surface area contributed by atoms with Crippen LogP contribution in [0.4, 0.5) is 5.69 Å². The molecule has 0 bridgehead atoms. The van der Waals surface area contributed by atoms with E-state index < -0.39 is 5.60 Å². The maximum Gasteiger partial charge on any atom is 0.238 e. The molecule has 0 aromatic heterocycles. The van der Waals surface area contributed by atoms with Crippen molar-refractivity contribution >= 4 is 34.8 Å². The first-order chi connectivity index (χ1) is 15.8. The normalized spacial score (nSPS) is 25.2. The molecular weight excluding hydrogens is 463 g/mol. The summed E-state index contributed by atoms with van der Waals surface area (Å²) in [7, 11) is 3.27. The number of carbonyl (C=O) groups excluding carboxylic acids is 1. The maximum absolute atomic E-state index is 13.0. The van der Waals surface area contributed by atoms with Gasteiger partial charge >= 0.3 is 0 Å². The van der Waals surface area contributed by atoms with Crippen LogP contribution in [0.5, 0.6) is 11.5 Å². The van der Waals surface area contributed by atoms with E-state index in [0.717, 1.165) is 37.0 Å². The van der Waals surface area contributed by atoms with Gasteiger partial charge in [0.05, 0.1) is 37.1 Å². The van der Waals surface area contributed by atoms with Gasteiger partial charge in [0.25, 0.3) is 0 Å². The minimum Gasteiger partial charge on any atom is -0.497 e. The van der Waals surface area contributed by atoms with E-state index in [0.29, 0.717) is 34.4 Å². The largest absolute Gasteiger partial charge is 0.497 e. The van der Waals surface area contributed by atoms with E-state index >= 15 is 0 Å². The average molecular weight is 493 g/mol. The number of benzene rings is 2. The number of likely N-dealkylation sites (tertiary alicyclic amines) is 1. The first-order valence-electron chi connectivity index (χ1n) is 11.3. The summed E-state index contributed by atoms with van der Waals surface area (Å²) < 4.78 is 11.2. The van der Waals surface area contributed by atoms with Crippen LogP contribution < -0.4 is 14.8 Å². The quantitative estimate of drug-likeness (QED) is 0.570. The van der Waals surface area contributed by atoms with Crippen LogP contribution in [-0.4, -0.2) is 48.8 Å². The molecule has 8 heteroatoms. The Morgan fingerprint density at radius 2 is 1.97 bits per heavy atom. The first-order valence-corrected chi connectivity index (χ1v) is 12.0. The molecular formula is C25H30Cl2N2O4. The standard InChI is InChI=1S/C25H30Cl2N2O4/c1-32-17-7-9-22(33-2)18(14-17)24-19-5-3-4-10-25(19,31)11-12-29(24)15-23(30)28-21-8-6-16(26)13-20(21)27/h6-9,13-14,19,24,31H,3-5,10-12,15H2,1-2H3,(H,28,30)/t19-,24-,25-/m1/s1. The molecule has 2 aromatic rings. The summed E-state index contributed by atoms with van der Waals surface area (Å²) in [5.74, 6) is 1.26. The van der Waals surface area contributed by atoms with Crippen LogP contribution in [-0.2, 0) is 4.79 Å². The van der Waals surface area contributed by atoms with Crippen molar-refractivity contribution in [1.82, 2.24) is 4.90 Å². The van der Waals surface area contributed by atoms with Crippen LogP contribution in [0.1, 0.15) is 43.7 Å². The van der Waals surface area contributed by atoms with Gasteiger partial charge in [-0.05, 0) is 55.7 Å². The zero-order valence-corrected chi connectivity index (χ0v) is 20.5. The van der Waals surface area contributed by atoms with Gasteiger partial charge in [-0.25, -0.2) is 0 Å². The minimum atomic E-state index is -0.747. The Morgan fingerprint density at radius 1 is 1.15 bits per heavy atom. The summed E-state index contributed by atoms with van der Waals surface area (Å²) in [6, 6.07) is 10.5. The lowest BCUT2D eigenvalue weighted by molar-refractivity contribution is -0.135. The number of rotatable bonds is 6. The Bertz CT molecular complexity index is 1020. The van der Waals surface area contributed by atoms with E-state index in [2.05, 4.69) is 10.2 Å². The molecule has 1 heterocycles. The second-order valence-electron chi connectivity index (χ2n) is 8.90. The summed E-state index contributed by atoms with van der Waals surface area (Å²) in [5, 5.41) is 15.3. The topological polar surface area (TPSA) is 71.0 Å². The summed E-state index contributed by atoms with van der Waals surface area (Å²) in [6.45, 7) is 0.760. The monoisotopic (exact) mass is 492 g/mol. The molecule has 2 N–H and O–H groups in total. The fraction of sp³-hybridized carbons (Fsp3) is 0.480. The summed E-state index contributed by atoms with van der Waals surface area (Å²) in [6.07, 6.45) is 4.37. The lowest BCUT2D eigenvalue weighted by atomic mass is 9.66. The minimum absolute atomic E-state index is 0.00655. The number of nitrogens with zero attached hydrogens (tertiary/aromatic N) is 1. The van der Waals surface area contributed by atoms with Crippen molar-refractivity contribution in [3.05, 3.63) is 52.0 Å². The van der Waals surface area contributed by atoms with Crippen LogP contribution >= 0.6 is 23.2 Å². The molecule has 1 aliphatic heterocycles. The molecule has 33 heavy (non-hydrogen) atoms. The van der Waals surface area contributed by atoms with Crippen LogP contribution in [0.15, 0.2) is 36.4 Å².